The second-order valence-corrected chi connectivity index (χ2v) is 4.75. The fourth-order valence-electron chi connectivity index (χ4n) is 2.38. The average Bonchev–Trinajstić information content (AvgIpc) is 2.72. The largest absolute Gasteiger partial charge is 0.468 e. The lowest BCUT2D eigenvalue weighted by atomic mass is 9.99. The van der Waals surface area contributed by atoms with Crippen molar-refractivity contribution in [2.75, 3.05) is 7.11 Å². The van der Waals surface area contributed by atoms with Gasteiger partial charge in [-0.05, 0) is 20.8 Å². The van der Waals surface area contributed by atoms with Gasteiger partial charge >= 0.3 is 5.97 Å². The molecule has 2 rings (SSSR count). The lowest BCUT2D eigenvalue weighted by Crippen LogP contribution is -2.45. The van der Waals surface area contributed by atoms with Gasteiger partial charge in [0, 0.05) is 18.5 Å². The van der Waals surface area contributed by atoms with E-state index < -0.39 is 0 Å². The van der Waals surface area contributed by atoms with Gasteiger partial charge in [-0.3, -0.25) is 10.1 Å². The zero-order chi connectivity index (χ0) is 12.6. The number of nitrogens with one attached hydrogen (secondary N) is 1. The number of carbonyl (C=O) groups is 1. The van der Waals surface area contributed by atoms with Gasteiger partial charge in [0.2, 0.25) is 0 Å². The van der Waals surface area contributed by atoms with E-state index in [9.17, 15) is 4.79 Å². The Morgan fingerprint density at radius 1 is 1.65 bits per heavy atom. The molecule has 2 atom stereocenters. The lowest BCUT2D eigenvalue weighted by molar-refractivity contribution is -0.143. The van der Waals surface area contributed by atoms with Gasteiger partial charge in [0.25, 0.3) is 0 Å². The van der Waals surface area contributed by atoms with Crippen LogP contribution in [-0.4, -0.2) is 28.7 Å². The molecular formula is C12H19N3O2. The third-order valence-electron chi connectivity index (χ3n) is 3.21. The molecule has 0 amide bonds. The van der Waals surface area contributed by atoms with Gasteiger partial charge in [0.15, 0.2) is 0 Å². The van der Waals surface area contributed by atoms with Crippen molar-refractivity contribution in [1.29, 1.82) is 0 Å². The van der Waals surface area contributed by atoms with Gasteiger partial charge in [0.05, 0.1) is 24.8 Å². The standard InChI is InChI=1S/C12H19N3O2/c1-7(2)15-6-13-9-5-10(12(16)17-4)14-8(3)11(9)15/h6-8,10,14H,5H2,1-4H3/t8?,10-/m1/s1. The first-order chi connectivity index (χ1) is 8.04. The summed E-state index contributed by atoms with van der Waals surface area (Å²) in [5.41, 5.74) is 2.18. The molecule has 1 unspecified atom stereocenters. The van der Waals surface area contributed by atoms with Crippen molar-refractivity contribution in [2.24, 2.45) is 0 Å². The number of hydrogen-bond donors (Lipinski definition) is 1. The maximum atomic E-state index is 11.5. The van der Waals surface area contributed by atoms with Crippen molar-refractivity contribution in [3.05, 3.63) is 17.7 Å². The molecule has 0 fully saturated rings. The minimum Gasteiger partial charge on any atom is -0.468 e. The third-order valence-corrected chi connectivity index (χ3v) is 3.21. The molecule has 0 bridgehead atoms. The van der Waals surface area contributed by atoms with E-state index in [1.807, 2.05) is 6.33 Å². The number of ether oxygens (including phenoxy) is 1. The quantitative estimate of drug-likeness (QED) is 0.786. The lowest BCUT2D eigenvalue weighted by Gasteiger charge is -2.28. The number of nitrogens with zero attached hydrogens (tertiary/aromatic N) is 2. The summed E-state index contributed by atoms with van der Waals surface area (Å²) < 4.78 is 6.92. The van der Waals surface area contributed by atoms with Crippen molar-refractivity contribution in [2.45, 2.75) is 45.3 Å². The topological polar surface area (TPSA) is 56.1 Å². The molecule has 1 aliphatic heterocycles. The first-order valence-corrected chi connectivity index (χ1v) is 5.94. The Hall–Kier alpha value is -1.36. The highest BCUT2D eigenvalue weighted by atomic mass is 16.5. The molecule has 1 aromatic rings. The Morgan fingerprint density at radius 3 is 2.94 bits per heavy atom. The van der Waals surface area contributed by atoms with Crippen LogP contribution in [0.25, 0.3) is 0 Å². The van der Waals surface area contributed by atoms with Crippen LogP contribution in [0.15, 0.2) is 6.33 Å². The Balaban J connectivity index is 2.30. The van der Waals surface area contributed by atoms with Crippen LogP contribution in [0, 0.1) is 0 Å². The van der Waals surface area contributed by atoms with Gasteiger partial charge in [-0.25, -0.2) is 4.98 Å². The molecule has 17 heavy (non-hydrogen) atoms. The number of methoxy groups -OCH3 is 1. The Bertz CT molecular complexity index is 425. The summed E-state index contributed by atoms with van der Waals surface area (Å²) in [6, 6.07) is 0.218. The van der Waals surface area contributed by atoms with Crippen molar-refractivity contribution < 1.29 is 9.53 Å². The van der Waals surface area contributed by atoms with Crippen LogP contribution in [0.3, 0.4) is 0 Å². The molecule has 1 aliphatic rings. The maximum Gasteiger partial charge on any atom is 0.323 e. The van der Waals surface area contributed by atoms with Crippen LogP contribution in [-0.2, 0) is 16.0 Å². The fourth-order valence-corrected chi connectivity index (χ4v) is 2.38. The van der Waals surface area contributed by atoms with Crippen LogP contribution in [0.1, 0.15) is 44.2 Å². The highest BCUT2D eigenvalue weighted by Gasteiger charge is 2.32. The van der Waals surface area contributed by atoms with Gasteiger partial charge < -0.3 is 9.30 Å². The number of carbonyl (C=O) groups excluding carboxylic acids is 1. The molecule has 0 aromatic carbocycles. The molecule has 1 N–H and O–H groups in total. The van der Waals surface area contributed by atoms with Gasteiger partial charge in [-0.15, -0.1) is 0 Å². The van der Waals surface area contributed by atoms with Gasteiger partial charge in [0.1, 0.15) is 6.04 Å². The number of hydrogen-bond acceptors (Lipinski definition) is 4. The second-order valence-electron chi connectivity index (χ2n) is 4.75. The van der Waals surface area contributed by atoms with E-state index in [1.54, 1.807) is 0 Å². The molecule has 0 saturated carbocycles. The molecule has 5 heteroatoms. The number of esters is 1. The zero-order valence-corrected chi connectivity index (χ0v) is 10.7. The van der Waals surface area contributed by atoms with E-state index >= 15 is 0 Å². The Labute approximate surface area is 101 Å². The SMILES string of the molecule is COC(=O)[C@H]1Cc2ncn(C(C)C)c2C(C)N1. The molecule has 1 aromatic heterocycles. The summed E-state index contributed by atoms with van der Waals surface area (Å²) in [4.78, 5) is 16.0. The highest BCUT2D eigenvalue weighted by molar-refractivity contribution is 5.76. The highest BCUT2D eigenvalue weighted by Crippen LogP contribution is 2.26. The second kappa shape index (κ2) is 4.49. The van der Waals surface area contributed by atoms with E-state index in [0.717, 1.165) is 5.69 Å². The number of aromatic nitrogens is 2. The molecule has 0 spiro atoms. The Morgan fingerprint density at radius 2 is 2.35 bits per heavy atom. The average molecular weight is 237 g/mol. The van der Waals surface area contributed by atoms with E-state index in [2.05, 4.69) is 35.6 Å². The number of imidazole rings is 1. The molecule has 2 heterocycles. The molecule has 0 radical (unpaired) electrons. The minimum atomic E-state index is -0.280. The van der Waals surface area contributed by atoms with E-state index in [-0.39, 0.29) is 18.1 Å². The molecular weight excluding hydrogens is 218 g/mol. The summed E-state index contributed by atoms with van der Waals surface area (Å²) in [7, 11) is 1.41. The van der Waals surface area contributed by atoms with Crippen LogP contribution in [0.5, 0.6) is 0 Å². The minimum absolute atomic E-state index is 0.118. The first kappa shape index (κ1) is 12.1. The fraction of sp³-hybridized carbons (Fsp3) is 0.667. The van der Waals surface area contributed by atoms with Crippen LogP contribution in [0.4, 0.5) is 0 Å². The summed E-state index contributed by atoms with van der Waals surface area (Å²) in [6.45, 7) is 6.30. The smallest absolute Gasteiger partial charge is 0.323 e. The number of rotatable bonds is 2. The molecule has 0 saturated heterocycles. The van der Waals surface area contributed by atoms with Crippen molar-refractivity contribution in [3.63, 3.8) is 0 Å². The van der Waals surface area contributed by atoms with Crippen molar-refractivity contribution in [3.8, 4) is 0 Å². The van der Waals surface area contributed by atoms with E-state index in [1.165, 1.54) is 12.8 Å². The predicted octanol–water partition coefficient (Wildman–Crippen LogP) is 1.21. The summed E-state index contributed by atoms with van der Waals surface area (Å²) in [5.74, 6) is -0.221. The first-order valence-electron chi connectivity index (χ1n) is 5.94. The summed E-state index contributed by atoms with van der Waals surface area (Å²) >= 11 is 0. The van der Waals surface area contributed by atoms with Gasteiger partial charge in [-0.1, -0.05) is 0 Å². The van der Waals surface area contributed by atoms with Crippen LogP contribution < -0.4 is 5.32 Å². The molecule has 94 valence electrons. The normalized spacial score (nSPS) is 23.6. The maximum absolute atomic E-state index is 11.5. The van der Waals surface area contributed by atoms with E-state index in [0.29, 0.717) is 12.5 Å². The van der Waals surface area contributed by atoms with Crippen molar-refractivity contribution in [1.82, 2.24) is 14.9 Å². The predicted molar refractivity (Wildman–Crippen MR) is 63.7 cm³/mol. The zero-order valence-electron chi connectivity index (χ0n) is 10.7. The Kier molecular flexibility index (Phi) is 3.19. The summed E-state index contributed by atoms with van der Waals surface area (Å²) in [5, 5.41) is 3.27. The third kappa shape index (κ3) is 2.07. The van der Waals surface area contributed by atoms with Crippen molar-refractivity contribution >= 4 is 5.97 Å². The van der Waals surface area contributed by atoms with Gasteiger partial charge in [-0.2, -0.15) is 0 Å². The van der Waals surface area contributed by atoms with Crippen LogP contribution in [0.2, 0.25) is 0 Å². The molecule has 5 nitrogen and oxygen atoms in total. The summed E-state index contributed by atoms with van der Waals surface area (Å²) in [6.07, 6.45) is 2.46. The number of fused-ring (bicyclic) bond motifs is 1. The van der Waals surface area contributed by atoms with E-state index in [4.69, 9.17) is 4.74 Å². The molecule has 0 aliphatic carbocycles. The monoisotopic (exact) mass is 237 g/mol. The van der Waals surface area contributed by atoms with Crippen LogP contribution >= 0.6 is 0 Å².